The Hall–Kier alpha value is -0.770. The Bertz CT molecular complexity index is 419. The van der Waals surface area contributed by atoms with Crippen LogP contribution in [0.1, 0.15) is 46.1 Å². The van der Waals surface area contributed by atoms with Crippen LogP contribution in [0.15, 0.2) is 18.2 Å². The van der Waals surface area contributed by atoms with Crippen LogP contribution in [-0.2, 0) is 6.54 Å². The smallest absolute Gasteiger partial charge is 0.0643 e. The first-order chi connectivity index (χ1) is 10.0. The van der Waals surface area contributed by atoms with Crippen molar-refractivity contribution < 1.29 is 5.11 Å². The zero-order valence-corrected chi connectivity index (χ0v) is 14.5. The minimum Gasteiger partial charge on any atom is -0.395 e. The molecular weight excluding hydrogens is 284 g/mol. The van der Waals surface area contributed by atoms with Crippen molar-refractivity contribution in [1.82, 2.24) is 5.32 Å². The molecule has 0 atom stereocenters. The maximum Gasteiger partial charge on any atom is 0.0643 e. The number of hydrogen-bond acceptors (Lipinski definition) is 3. The Balaban J connectivity index is 3.15. The zero-order valence-electron chi connectivity index (χ0n) is 13.7. The molecule has 0 spiro atoms. The van der Waals surface area contributed by atoms with Gasteiger partial charge in [-0.15, -0.1) is 0 Å². The van der Waals surface area contributed by atoms with Crippen molar-refractivity contribution in [2.75, 3.05) is 18.1 Å². The SMILES string of the molecule is CCC(CC)N(CCO)c1c(Cl)cccc1CNC(C)C. The third kappa shape index (κ3) is 5.17. The van der Waals surface area contributed by atoms with Crippen molar-refractivity contribution >= 4 is 17.3 Å². The Morgan fingerprint density at radius 1 is 1.24 bits per heavy atom. The predicted octanol–water partition coefficient (Wildman–Crippen LogP) is 3.83. The van der Waals surface area contributed by atoms with Crippen LogP contribution in [0.25, 0.3) is 0 Å². The first-order valence-corrected chi connectivity index (χ1v) is 8.31. The van der Waals surface area contributed by atoms with Gasteiger partial charge in [-0.1, -0.05) is 51.4 Å². The van der Waals surface area contributed by atoms with E-state index in [-0.39, 0.29) is 6.61 Å². The van der Waals surface area contributed by atoms with E-state index >= 15 is 0 Å². The molecule has 0 aliphatic heterocycles. The molecule has 0 aliphatic carbocycles. The Kier molecular flexibility index (Phi) is 8.09. The van der Waals surface area contributed by atoms with Crippen molar-refractivity contribution in [2.24, 2.45) is 0 Å². The number of nitrogens with zero attached hydrogens (tertiary/aromatic N) is 1. The third-order valence-electron chi connectivity index (χ3n) is 3.78. The normalized spacial score (nSPS) is 11.4. The highest BCUT2D eigenvalue weighted by Crippen LogP contribution is 2.32. The van der Waals surface area contributed by atoms with E-state index in [1.165, 1.54) is 5.56 Å². The van der Waals surface area contributed by atoms with E-state index in [1.54, 1.807) is 0 Å². The maximum absolute atomic E-state index is 9.44. The summed E-state index contributed by atoms with van der Waals surface area (Å²) >= 11 is 6.48. The first kappa shape index (κ1) is 18.3. The van der Waals surface area contributed by atoms with Gasteiger partial charge in [0.2, 0.25) is 0 Å². The summed E-state index contributed by atoms with van der Waals surface area (Å²) in [5.41, 5.74) is 2.26. The molecule has 21 heavy (non-hydrogen) atoms. The number of rotatable bonds is 9. The van der Waals surface area contributed by atoms with Crippen LogP contribution in [0.2, 0.25) is 5.02 Å². The molecule has 0 saturated heterocycles. The largest absolute Gasteiger partial charge is 0.395 e. The van der Waals surface area contributed by atoms with Crippen LogP contribution in [0.3, 0.4) is 0 Å². The van der Waals surface area contributed by atoms with Crippen molar-refractivity contribution in [1.29, 1.82) is 0 Å². The second-order valence-corrected chi connectivity index (χ2v) is 6.08. The summed E-state index contributed by atoms with van der Waals surface area (Å²) in [6.45, 7) is 10.2. The highest BCUT2D eigenvalue weighted by Gasteiger charge is 2.20. The Morgan fingerprint density at radius 3 is 2.43 bits per heavy atom. The standard InChI is InChI=1S/C17H29ClN2O/c1-5-15(6-2)20(10-11-21)17-14(12-19-13(3)4)8-7-9-16(17)18/h7-9,13,15,19,21H,5-6,10-12H2,1-4H3. The molecule has 120 valence electrons. The van der Waals surface area contributed by atoms with Gasteiger partial charge in [-0.05, 0) is 24.5 Å². The number of aliphatic hydroxyl groups is 1. The molecule has 1 rings (SSSR count). The molecule has 0 fully saturated rings. The quantitative estimate of drug-likeness (QED) is 0.727. The molecule has 2 N–H and O–H groups in total. The Morgan fingerprint density at radius 2 is 1.90 bits per heavy atom. The molecule has 0 saturated carbocycles. The molecule has 1 aromatic carbocycles. The van der Waals surface area contributed by atoms with E-state index in [4.69, 9.17) is 11.6 Å². The van der Waals surface area contributed by atoms with E-state index in [1.807, 2.05) is 12.1 Å². The lowest BCUT2D eigenvalue weighted by Gasteiger charge is -2.34. The monoisotopic (exact) mass is 312 g/mol. The van der Waals surface area contributed by atoms with Crippen LogP contribution in [0.5, 0.6) is 0 Å². The van der Waals surface area contributed by atoms with Crippen LogP contribution in [-0.4, -0.2) is 30.3 Å². The summed E-state index contributed by atoms with van der Waals surface area (Å²) in [6.07, 6.45) is 2.08. The number of benzene rings is 1. The number of hydrogen-bond donors (Lipinski definition) is 2. The van der Waals surface area contributed by atoms with Gasteiger partial charge in [-0.3, -0.25) is 0 Å². The molecule has 0 unspecified atom stereocenters. The number of aliphatic hydroxyl groups excluding tert-OH is 1. The van der Waals surface area contributed by atoms with Crippen LogP contribution in [0.4, 0.5) is 5.69 Å². The van der Waals surface area contributed by atoms with Gasteiger partial charge in [0.1, 0.15) is 0 Å². The summed E-state index contributed by atoms with van der Waals surface area (Å²) in [7, 11) is 0. The highest BCUT2D eigenvalue weighted by atomic mass is 35.5. The zero-order chi connectivity index (χ0) is 15.8. The molecule has 1 aromatic rings. The number of para-hydroxylation sites is 1. The van der Waals surface area contributed by atoms with Gasteiger partial charge < -0.3 is 15.3 Å². The molecular formula is C17H29ClN2O. The van der Waals surface area contributed by atoms with Gasteiger partial charge in [-0.25, -0.2) is 0 Å². The van der Waals surface area contributed by atoms with E-state index < -0.39 is 0 Å². The van der Waals surface area contributed by atoms with Gasteiger partial charge >= 0.3 is 0 Å². The second kappa shape index (κ2) is 9.29. The van der Waals surface area contributed by atoms with Crippen molar-refractivity contribution in [3.8, 4) is 0 Å². The summed E-state index contributed by atoms with van der Waals surface area (Å²) in [5.74, 6) is 0. The lowest BCUT2D eigenvalue weighted by molar-refractivity contribution is 0.296. The fraction of sp³-hybridized carbons (Fsp3) is 0.647. The van der Waals surface area contributed by atoms with E-state index in [0.717, 1.165) is 30.1 Å². The summed E-state index contributed by atoms with van der Waals surface area (Å²) in [4.78, 5) is 2.26. The summed E-state index contributed by atoms with van der Waals surface area (Å²) < 4.78 is 0. The number of nitrogens with one attached hydrogen (secondary N) is 1. The molecule has 0 aromatic heterocycles. The summed E-state index contributed by atoms with van der Waals surface area (Å²) in [5, 5.41) is 13.7. The molecule has 0 aliphatic rings. The van der Waals surface area contributed by atoms with Crippen LogP contribution >= 0.6 is 11.6 Å². The maximum atomic E-state index is 9.44. The van der Waals surface area contributed by atoms with E-state index in [9.17, 15) is 5.11 Å². The van der Waals surface area contributed by atoms with Gasteiger partial charge in [0.15, 0.2) is 0 Å². The molecule has 0 bridgehead atoms. The average Bonchev–Trinajstić information content (AvgIpc) is 2.45. The number of halogens is 1. The van der Waals surface area contributed by atoms with Crippen molar-refractivity contribution in [3.63, 3.8) is 0 Å². The van der Waals surface area contributed by atoms with Gasteiger partial charge in [0.25, 0.3) is 0 Å². The van der Waals surface area contributed by atoms with Crippen LogP contribution in [0, 0.1) is 0 Å². The molecule has 0 radical (unpaired) electrons. The van der Waals surface area contributed by atoms with Gasteiger partial charge in [-0.2, -0.15) is 0 Å². The highest BCUT2D eigenvalue weighted by molar-refractivity contribution is 6.33. The lowest BCUT2D eigenvalue weighted by atomic mass is 10.1. The Labute approximate surface area is 134 Å². The van der Waals surface area contributed by atoms with E-state index in [2.05, 4.69) is 44.0 Å². The molecule has 0 amide bonds. The lowest BCUT2D eigenvalue weighted by Crippen LogP contribution is -2.38. The van der Waals surface area contributed by atoms with Crippen molar-refractivity contribution in [2.45, 2.75) is 59.2 Å². The predicted molar refractivity (Wildman–Crippen MR) is 92.2 cm³/mol. The molecule has 3 nitrogen and oxygen atoms in total. The first-order valence-electron chi connectivity index (χ1n) is 7.93. The second-order valence-electron chi connectivity index (χ2n) is 5.67. The third-order valence-corrected chi connectivity index (χ3v) is 4.09. The average molecular weight is 313 g/mol. The van der Waals surface area contributed by atoms with Gasteiger partial charge in [0, 0.05) is 25.2 Å². The topological polar surface area (TPSA) is 35.5 Å². The molecule has 4 heteroatoms. The summed E-state index contributed by atoms with van der Waals surface area (Å²) in [6, 6.07) is 6.87. The molecule has 0 heterocycles. The van der Waals surface area contributed by atoms with Crippen molar-refractivity contribution in [3.05, 3.63) is 28.8 Å². The van der Waals surface area contributed by atoms with Crippen LogP contribution < -0.4 is 10.2 Å². The minimum absolute atomic E-state index is 0.138. The fourth-order valence-corrected chi connectivity index (χ4v) is 2.96. The minimum atomic E-state index is 0.138. The fourth-order valence-electron chi connectivity index (χ4n) is 2.65. The number of anilines is 1. The van der Waals surface area contributed by atoms with Gasteiger partial charge in [0.05, 0.1) is 17.3 Å². The van der Waals surface area contributed by atoms with E-state index in [0.29, 0.717) is 18.6 Å².